The van der Waals surface area contributed by atoms with Crippen molar-refractivity contribution in [3.05, 3.63) is 24.3 Å². The molecule has 75 heavy (non-hydrogen) atoms. The fourth-order valence-corrected chi connectivity index (χ4v) is 11.4. The van der Waals surface area contributed by atoms with Gasteiger partial charge in [0.25, 0.3) is 0 Å². The van der Waals surface area contributed by atoms with E-state index in [1.807, 2.05) is 6.08 Å². The zero-order valence-electron chi connectivity index (χ0n) is 51.6. The Hall–Kier alpha value is -1.13. The van der Waals surface area contributed by atoms with Crippen molar-refractivity contribution >= 4 is 5.91 Å². The number of hydrogen-bond donors (Lipinski definition) is 3. The predicted octanol–water partition coefficient (Wildman–Crippen LogP) is 23.8. The Labute approximate surface area is 472 Å². The number of carbonyl (C=O) groups excluding carboxylic acids is 1. The van der Waals surface area contributed by atoms with E-state index in [0.717, 1.165) is 25.7 Å². The monoisotopic (exact) mass is 1050 g/mol. The molecule has 446 valence electrons. The molecule has 0 radical (unpaired) electrons. The van der Waals surface area contributed by atoms with Crippen LogP contribution in [0.4, 0.5) is 0 Å². The Morgan fingerprint density at radius 2 is 0.507 bits per heavy atom. The van der Waals surface area contributed by atoms with E-state index in [1.54, 1.807) is 6.08 Å². The van der Waals surface area contributed by atoms with Crippen LogP contribution in [0.15, 0.2) is 24.3 Å². The maximum atomic E-state index is 12.5. The summed E-state index contributed by atoms with van der Waals surface area (Å²) in [7, 11) is 0. The minimum atomic E-state index is -0.838. The maximum absolute atomic E-state index is 12.5. The molecule has 0 aromatic heterocycles. The molecule has 0 aliphatic rings. The summed E-state index contributed by atoms with van der Waals surface area (Å²) in [6.07, 6.45) is 91.3. The molecule has 1 amide bonds. The van der Waals surface area contributed by atoms with Crippen LogP contribution in [0, 0.1) is 0 Å². The Bertz CT molecular complexity index is 1100. The van der Waals surface area contributed by atoms with E-state index in [-0.39, 0.29) is 12.5 Å². The fourth-order valence-electron chi connectivity index (χ4n) is 11.4. The van der Waals surface area contributed by atoms with Crippen LogP contribution in [-0.2, 0) is 4.79 Å². The van der Waals surface area contributed by atoms with Crippen molar-refractivity contribution in [3.63, 3.8) is 0 Å². The Morgan fingerprint density at radius 1 is 0.307 bits per heavy atom. The maximum Gasteiger partial charge on any atom is 0.220 e. The summed E-state index contributed by atoms with van der Waals surface area (Å²) in [6, 6.07) is -0.621. The quantitative estimate of drug-likeness (QED) is 0.0420. The van der Waals surface area contributed by atoms with E-state index in [4.69, 9.17) is 0 Å². The van der Waals surface area contributed by atoms with Gasteiger partial charge in [-0.2, -0.15) is 0 Å². The second-order valence-corrected chi connectivity index (χ2v) is 24.3. The fraction of sp³-hybridized carbons (Fsp3) is 0.930. The highest BCUT2D eigenvalue weighted by Gasteiger charge is 2.18. The molecular weight excluding hydrogens is 915 g/mol. The van der Waals surface area contributed by atoms with Crippen molar-refractivity contribution in [2.24, 2.45) is 0 Å². The smallest absolute Gasteiger partial charge is 0.220 e. The number of hydrogen-bond acceptors (Lipinski definition) is 3. The van der Waals surface area contributed by atoms with E-state index < -0.39 is 12.1 Å². The molecule has 4 nitrogen and oxygen atoms in total. The van der Waals surface area contributed by atoms with Crippen molar-refractivity contribution in [3.8, 4) is 0 Å². The molecule has 0 heterocycles. The van der Waals surface area contributed by atoms with Gasteiger partial charge in [0.1, 0.15) is 0 Å². The molecule has 0 fully saturated rings. The second-order valence-electron chi connectivity index (χ2n) is 24.3. The summed E-state index contributed by atoms with van der Waals surface area (Å²) in [5.41, 5.74) is 0. The van der Waals surface area contributed by atoms with E-state index in [2.05, 4.69) is 31.3 Å². The first-order valence-corrected chi connectivity index (χ1v) is 35.1. The molecule has 0 aromatic carbocycles. The highest BCUT2D eigenvalue weighted by Crippen LogP contribution is 2.19. The summed E-state index contributed by atoms with van der Waals surface area (Å²) in [5.74, 6) is -0.0542. The zero-order chi connectivity index (χ0) is 54.1. The van der Waals surface area contributed by atoms with E-state index in [9.17, 15) is 15.0 Å². The van der Waals surface area contributed by atoms with Crippen LogP contribution in [0.25, 0.3) is 0 Å². The lowest BCUT2D eigenvalue weighted by Crippen LogP contribution is -2.45. The second kappa shape index (κ2) is 67.1. The van der Waals surface area contributed by atoms with Crippen LogP contribution < -0.4 is 5.32 Å². The SMILES string of the molecule is CCCCCCCCCC/C=C\CCCCCCCCCCCCCCCCCCCCCCCCCC(=O)NC(CO)C(O)/C=C/CCCCCCCCCCCCCCCCCCCCCCCCCCCC. The highest BCUT2D eigenvalue weighted by molar-refractivity contribution is 5.76. The Morgan fingerprint density at radius 3 is 0.733 bits per heavy atom. The van der Waals surface area contributed by atoms with Gasteiger partial charge < -0.3 is 15.5 Å². The van der Waals surface area contributed by atoms with Gasteiger partial charge >= 0.3 is 0 Å². The third-order valence-electron chi connectivity index (χ3n) is 16.7. The van der Waals surface area contributed by atoms with Crippen LogP contribution in [0.2, 0.25) is 0 Å². The van der Waals surface area contributed by atoms with Crippen molar-refractivity contribution in [2.45, 2.75) is 418 Å². The molecule has 2 unspecified atom stereocenters. The molecule has 0 aromatic rings. The van der Waals surface area contributed by atoms with E-state index in [0.29, 0.717) is 6.42 Å². The van der Waals surface area contributed by atoms with Gasteiger partial charge in [0.05, 0.1) is 18.8 Å². The van der Waals surface area contributed by atoms with Crippen LogP contribution in [0.1, 0.15) is 406 Å². The summed E-state index contributed by atoms with van der Waals surface area (Å²) in [4.78, 5) is 12.5. The molecule has 4 heteroatoms. The highest BCUT2D eigenvalue weighted by atomic mass is 16.3. The van der Waals surface area contributed by atoms with Crippen LogP contribution >= 0.6 is 0 Å². The van der Waals surface area contributed by atoms with Crippen molar-refractivity contribution < 1.29 is 15.0 Å². The molecule has 2 atom stereocenters. The van der Waals surface area contributed by atoms with Gasteiger partial charge in [0, 0.05) is 6.42 Å². The lowest BCUT2D eigenvalue weighted by atomic mass is 10.0. The molecule has 0 saturated carbocycles. The molecule has 0 rings (SSSR count). The van der Waals surface area contributed by atoms with Gasteiger partial charge in [0.2, 0.25) is 5.91 Å². The number of amides is 1. The van der Waals surface area contributed by atoms with Crippen LogP contribution in [-0.4, -0.2) is 34.9 Å². The lowest BCUT2D eigenvalue weighted by Gasteiger charge is -2.20. The number of nitrogens with one attached hydrogen (secondary N) is 1. The van der Waals surface area contributed by atoms with Gasteiger partial charge in [-0.3, -0.25) is 4.79 Å². The van der Waals surface area contributed by atoms with Gasteiger partial charge in [-0.05, 0) is 44.9 Å². The molecule has 0 bridgehead atoms. The van der Waals surface area contributed by atoms with Gasteiger partial charge in [-0.25, -0.2) is 0 Å². The van der Waals surface area contributed by atoms with E-state index in [1.165, 1.54) is 360 Å². The molecule has 0 saturated heterocycles. The Balaban J connectivity index is 3.40. The molecule has 0 aliphatic carbocycles. The number of allylic oxidation sites excluding steroid dienone is 3. The van der Waals surface area contributed by atoms with Crippen molar-refractivity contribution in [2.75, 3.05) is 6.61 Å². The summed E-state index contributed by atoms with van der Waals surface area (Å²) >= 11 is 0. The molecular formula is C71H139NO3. The summed E-state index contributed by atoms with van der Waals surface area (Å²) in [5, 5.41) is 23.3. The number of aliphatic hydroxyl groups is 2. The molecule has 0 spiro atoms. The Kier molecular flexibility index (Phi) is 66.1. The van der Waals surface area contributed by atoms with Gasteiger partial charge in [-0.1, -0.05) is 378 Å². The summed E-state index contributed by atoms with van der Waals surface area (Å²) in [6.45, 7) is 4.36. The lowest BCUT2D eigenvalue weighted by molar-refractivity contribution is -0.123. The number of rotatable bonds is 66. The van der Waals surface area contributed by atoms with Crippen LogP contribution in [0.5, 0.6) is 0 Å². The number of unbranched alkanes of at least 4 members (excludes halogenated alkanes) is 57. The molecule has 0 aliphatic heterocycles. The average molecular weight is 1050 g/mol. The third kappa shape index (κ3) is 63.6. The first-order valence-electron chi connectivity index (χ1n) is 35.1. The number of carbonyl (C=O) groups is 1. The average Bonchev–Trinajstić information content (AvgIpc) is 3.41. The predicted molar refractivity (Wildman–Crippen MR) is 336 cm³/mol. The molecule has 3 N–H and O–H groups in total. The normalized spacial score (nSPS) is 12.7. The van der Waals surface area contributed by atoms with Gasteiger partial charge in [-0.15, -0.1) is 0 Å². The van der Waals surface area contributed by atoms with Gasteiger partial charge in [0.15, 0.2) is 0 Å². The number of aliphatic hydroxyl groups excluding tert-OH is 2. The van der Waals surface area contributed by atoms with E-state index >= 15 is 0 Å². The van der Waals surface area contributed by atoms with Crippen molar-refractivity contribution in [1.82, 2.24) is 5.32 Å². The van der Waals surface area contributed by atoms with Crippen molar-refractivity contribution in [1.29, 1.82) is 0 Å². The minimum Gasteiger partial charge on any atom is -0.394 e. The first kappa shape index (κ1) is 73.9. The standard InChI is InChI=1S/C71H139NO3/c1-3-5-7-9-11-13-15-17-19-21-23-25-27-29-31-33-34-35-36-37-38-39-41-43-45-47-49-51-53-55-57-59-61-63-65-67-71(75)72-69(68-73)70(74)66-64-62-60-58-56-54-52-50-48-46-44-42-40-32-30-28-26-24-22-20-18-16-14-12-10-8-6-4-2/h21,23,64,66,69-70,73-74H,3-20,22,24-63,65,67-68H2,1-2H3,(H,72,75)/b23-21-,66-64+. The summed E-state index contributed by atoms with van der Waals surface area (Å²) < 4.78 is 0. The van der Waals surface area contributed by atoms with Crippen LogP contribution in [0.3, 0.4) is 0 Å². The largest absolute Gasteiger partial charge is 0.394 e. The first-order chi connectivity index (χ1) is 37.2. The third-order valence-corrected chi connectivity index (χ3v) is 16.7. The minimum absolute atomic E-state index is 0.0542. The zero-order valence-corrected chi connectivity index (χ0v) is 51.6. The topological polar surface area (TPSA) is 69.6 Å².